The number of hydrogen-bond donors (Lipinski definition) is 2. The number of benzene rings is 2. The zero-order valence-electron chi connectivity index (χ0n) is 15.3. The van der Waals surface area contributed by atoms with Gasteiger partial charge in [0.15, 0.2) is 0 Å². The summed E-state index contributed by atoms with van der Waals surface area (Å²) in [5.74, 6) is -3.19. The summed E-state index contributed by atoms with van der Waals surface area (Å²) in [6, 6.07) is 7.38. The van der Waals surface area contributed by atoms with Crippen LogP contribution in [0.1, 0.15) is 27.8 Å². The monoisotopic (exact) mass is 402 g/mol. The van der Waals surface area contributed by atoms with E-state index in [1.54, 1.807) is 24.0 Å². The van der Waals surface area contributed by atoms with Crippen molar-refractivity contribution in [3.8, 4) is 0 Å². The van der Waals surface area contributed by atoms with Crippen LogP contribution >= 0.6 is 0 Å². The summed E-state index contributed by atoms with van der Waals surface area (Å²) >= 11 is 0. The molecule has 1 aromatic heterocycles. The number of halogens is 3. The van der Waals surface area contributed by atoms with Gasteiger partial charge in [0.25, 0.3) is 5.91 Å². The van der Waals surface area contributed by atoms with Gasteiger partial charge < -0.3 is 15.2 Å². The van der Waals surface area contributed by atoms with Crippen LogP contribution in [0.15, 0.2) is 54.9 Å². The van der Waals surface area contributed by atoms with Crippen molar-refractivity contribution in [2.75, 3.05) is 6.54 Å². The van der Waals surface area contributed by atoms with Gasteiger partial charge in [-0.25, -0.2) is 18.2 Å². The number of amides is 2. The second-order valence-electron chi connectivity index (χ2n) is 6.26. The lowest BCUT2D eigenvalue weighted by Gasteiger charge is -2.19. The topological polar surface area (TPSA) is 76.0 Å². The average molecular weight is 402 g/mol. The molecule has 0 saturated carbocycles. The summed E-state index contributed by atoms with van der Waals surface area (Å²) in [5, 5.41) is 5.00. The first-order valence-corrected chi connectivity index (χ1v) is 8.60. The van der Waals surface area contributed by atoms with Gasteiger partial charge in [-0.05, 0) is 29.8 Å². The lowest BCUT2D eigenvalue weighted by Crippen LogP contribution is -2.39. The Morgan fingerprint density at radius 3 is 2.38 bits per heavy atom. The number of nitrogens with zero attached hydrogens (tertiary/aromatic N) is 2. The zero-order valence-corrected chi connectivity index (χ0v) is 15.3. The number of aryl methyl sites for hydroxylation is 1. The molecule has 0 spiro atoms. The van der Waals surface area contributed by atoms with Crippen LogP contribution in [0.25, 0.3) is 0 Å². The molecule has 0 fully saturated rings. The van der Waals surface area contributed by atoms with Crippen LogP contribution in [0.4, 0.5) is 13.2 Å². The second-order valence-corrected chi connectivity index (χ2v) is 6.26. The molecule has 2 N–H and O–H groups in total. The quantitative estimate of drug-likeness (QED) is 0.665. The normalized spacial score (nSPS) is 11.7. The van der Waals surface area contributed by atoms with Crippen LogP contribution in [0.3, 0.4) is 0 Å². The lowest BCUT2D eigenvalue weighted by molar-refractivity contribution is -0.120. The van der Waals surface area contributed by atoms with Gasteiger partial charge >= 0.3 is 0 Å². The summed E-state index contributed by atoms with van der Waals surface area (Å²) in [6.45, 7) is -0.447. The van der Waals surface area contributed by atoms with Gasteiger partial charge in [0, 0.05) is 25.5 Å². The molecule has 6 nitrogen and oxygen atoms in total. The molecule has 1 heterocycles. The Hall–Kier alpha value is -3.62. The second kappa shape index (κ2) is 8.59. The zero-order chi connectivity index (χ0) is 21.0. The number of carbonyl (C=O) groups is 2. The van der Waals surface area contributed by atoms with E-state index in [9.17, 15) is 22.8 Å². The number of hydrogen-bond acceptors (Lipinski definition) is 3. The number of imidazole rings is 1. The minimum Gasteiger partial charge on any atom is -0.343 e. The van der Waals surface area contributed by atoms with Gasteiger partial charge in [0.1, 0.15) is 29.3 Å². The van der Waals surface area contributed by atoms with Gasteiger partial charge in [-0.3, -0.25) is 9.59 Å². The molecule has 0 aliphatic carbocycles. The van der Waals surface area contributed by atoms with Crippen molar-refractivity contribution in [1.29, 1.82) is 0 Å². The van der Waals surface area contributed by atoms with E-state index >= 15 is 0 Å². The number of aromatic nitrogens is 2. The summed E-state index contributed by atoms with van der Waals surface area (Å²) in [6.07, 6.45) is 3.24. The molecule has 0 unspecified atom stereocenters. The van der Waals surface area contributed by atoms with Crippen molar-refractivity contribution in [3.63, 3.8) is 0 Å². The fraction of sp³-hybridized carbons (Fsp3) is 0.150. The predicted octanol–water partition coefficient (Wildman–Crippen LogP) is 2.47. The molecule has 0 aliphatic heterocycles. The molecular formula is C20H17F3N4O2. The predicted molar refractivity (Wildman–Crippen MR) is 98.3 cm³/mol. The highest BCUT2D eigenvalue weighted by Crippen LogP contribution is 2.20. The first-order valence-electron chi connectivity index (χ1n) is 8.60. The first kappa shape index (κ1) is 20.1. The van der Waals surface area contributed by atoms with Crippen LogP contribution in [0, 0.1) is 17.5 Å². The van der Waals surface area contributed by atoms with Crippen molar-refractivity contribution in [1.82, 2.24) is 20.2 Å². The highest BCUT2D eigenvalue weighted by molar-refractivity contribution is 5.96. The van der Waals surface area contributed by atoms with Crippen molar-refractivity contribution < 1.29 is 22.8 Å². The Bertz CT molecular complexity index is 1030. The van der Waals surface area contributed by atoms with Crippen molar-refractivity contribution in [3.05, 3.63) is 89.3 Å². The molecular weight excluding hydrogens is 385 g/mol. The van der Waals surface area contributed by atoms with Gasteiger partial charge in [0.2, 0.25) is 5.91 Å². The van der Waals surface area contributed by atoms with Crippen LogP contribution in [-0.2, 0) is 11.8 Å². The SMILES string of the molecule is Cn1ccnc1[C@H](NC(=O)CNC(=O)c1ccc(F)cc1F)c1ccc(F)cc1. The standard InChI is InChI=1S/C20H17F3N4O2/c1-27-9-8-24-19(27)18(12-2-4-13(21)5-3-12)26-17(28)11-25-20(29)15-7-6-14(22)10-16(15)23/h2-10,18H,11H2,1H3,(H,25,29)(H,26,28)/t18-/m1/s1. The molecule has 3 rings (SSSR count). The molecule has 2 aromatic carbocycles. The highest BCUT2D eigenvalue weighted by atomic mass is 19.1. The van der Waals surface area contributed by atoms with Crippen molar-refractivity contribution in [2.45, 2.75) is 6.04 Å². The van der Waals surface area contributed by atoms with Crippen LogP contribution in [0.5, 0.6) is 0 Å². The average Bonchev–Trinajstić information content (AvgIpc) is 3.10. The highest BCUT2D eigenvalue weighted by Gasteiger charge is 2.21. The molecule has 150 valence electrons. The van der Waals surface area contributed by atoms with E-state index in [1.165, 1.54) is 24.3 Å². The summed E-state index contributed by atoms with van der Waals surface area (Å²) in [7, 11) is 1.74. The van der Waals surface area contributed by atoms with E-state index in [1.807, 2.05) is 0 Å². The van der Waals surface area contributed by atoms with Crippen LogP contribution in [-0.4, -0.2) is 27.9 Å². The first-order chi connectivity index (χ1) is 13.8. The maximum absolute atomic E-state index is 13.7. The molecule has 0 radical (unpaired) electrons. The molecule has 9 heteroatoms. The largest absolute Gasteiger partial charge is 0.343 e. The molecule has 0 aliphatic rings. The minimum absolute atomic E-state index is 0.376. The summed E-state index contributed by atoms with van der Waals surface area (Å²) < 4.78 is 41.6. The Morgan fingerprint density at radius 1 is 1.07 bits per heavy atom. The van der Waals surface area contributed by atoms with Gasteiger partial charge in [-0.2, -0.15) is 0 Å². The molecule has 2 amide bonds. The fourth-order valence-electron chi connectivity index (χ4n) is 2.75. The number of carbonyl (C=O) groups excluding carboxylic acids is 2. The van der Waals surface area contributed by atoms with E-state index < -0.39 is 41.9 Å². The fourth-order valence-corrected chi connectivity index (χ4v) is 2.75. The smallest absolute Gasteiger partial charge is 0.254 e. The van der Waals surface area contributed by atoms with Crippen molar-refractivity contribution in [2.24, 2.45) is 7.05 Å². The van der Waals surface area contributed by atoms with Gasteiger partial charge in [0.05, 0.1) is 12.1 Å². The van der Waals surface area contributed by atoms with Gasteiger partial charge in [-0.15, -0.1) is 0 Å². The number of nitrogens with one attached hydrogen (secondary N) is 2. The maximum atomic E-state index is 13.7. The Balaban J connectivity index is 1.71. The van der Waals surface area contributed by atoms with E-state index in [0.29, 0.717) is 17.5 Å². The molecule has 3 aromatic rings. The van der Waals surface area contributed by atoms with E-state index in [2.05, 4.69) is 15.6 Å². The summed E-state index contributed by atoms with van der Waals surface area (Å²) in [5.41, 5.74) is 0.211. The van der Waals surface area contributed by atoms with Gasteiger partial charge in [-0.1, -0.05) is 12.1 Å². The minimum atomic E-state index is -1.03. The lowest BCUT2D eigenvalue weighted by atomic mass is 10.1. The molecule has 0 bridgehead atoms. The van der Waals surface area contributed by atoms with Crippen LogP contribution in [0.2, 0.25) is 0 Å². The van der Waals surface area contributed by atoms with E-state index in [-0.39, 0.29) is 5.56 Å². The summed E-state index contributed by atoms with van der Waals surface area (Å²) in [4.78, 5) is 28.6. The maximum Gasteiger partial charge on any atom is 0.254 e. The van der Waals surface area contributed by atoms with Crippen molar-refractivity contribution >= 4 is 11.8 Å². The third-order valence-corrected chi connectivity index (χ3v) is 4.21. The third kappa shape index (κ3) is 4.81. The van der Waals surface area contributed by atoms with Crippen LogP contribution < -0.4 is 10.6 Å². The van der Waals surface area contributed by atoms with E-state index in [0.717, 1.165) is 12.1 Å². The Labute approximate surface area is 164 Å². The molecule has 1 atom stereocenters. The third-order valence-electron chi connectivity index (χ3n) is 4.21. The van der Waals surface area contributed by atoms with E-state index in [4.69, 9.17) is 0 Å². The Morgan fingerprint density at radius 2 is 1.76 bits per heavy atom. The number of rotatable bonds is 6. The molecule has 29 heavy (non-hydrogen) atoms. The molecule has 0 saturated heterocycles. The Kier molecular flexibility index (Phi) is 5.96.